The Balaban J connectivity index is 1.64. The monoisotopic (exact) mass is 394 g/mol. The molecule has 3 heterocycles. The highest BCUT2D eigenvalue weighted by atomic mass is 16.6. The van der Waals surface area contributed by atoms with E-state index in [9.17, 15) is 4.79 Å². The third kappa shape index (κ3) is 5.31. The van der Waals surface area contributed by atoms with Crippen molar-refractivity contribution in [2.24, 2.45) is 10.4 Å². The number of nitrogens with zero attached hydrogens (tertiary/aromatic N) is 3. The van der Waals surface area contributed by atoms with Gasteiger partial charge in [0.15, 0.2) is 5.96 Å². The van der Waals surface area contributed by atoms with Crippen LogP contribution in [0.1, 0.15) is 59.8 Å². The molecule has 0 saturated carbocycles. The van der Waals surface area contributed by atoms with Crippen LogP contribution in [0.15, 0.2) is 4.99 Å². The van der Waals surface area contributed by atoms with E-state index in [4.69, 9.17) is 14.5 Å². The van der Waals surface area contributed by atoms with Gasteiger partial charge in [-0.3, -0.25) is 4.99 Å². The van der Waals surface area contributed by atoms with Gasteiger partial charge in [0.25, 0.3) is 0 Å². The molecule has 7 nitrogen and oxygen atoms in total. The Kier molecular flexibility index (Phi) is 6.73. The number of nitrogens with one attached hydrogen (secondary N) is 1. The maximum atomic E-state index is 12.6. The summed E-state index contributed by atoms with van der Waals surface area (Å²) in [6.45, 7) is 13.9. The van der Waals surface area contributed by atoms with Crippen LogP contribution in [0.5, 0.6) is 0 Å². The lowest BCUT2D eigenvalue weighted by Crippen LogP contribution is -2.48. The van der Waals surface area contributed by atoms with E-state index in [1.807, 2.05) is 25.7 Å². The van der Waals surface area contributed by atoms with Gasteiger partial charge in [-0.1, -0.05) is 0 Å². The number of ether oxygens (including phenoxy) is 2. The van der Waals surface area contributed by atoms with Crippen LogP contribution in [0.25, 0.3) is 0 Å². The minimum Gasteiger partial charge on any atom is -0.444 e. The Labute approximate surface area is 169 Å². The Morgan fingerprint density at radius 2 is 2.11 bits per heavy atom. The predicted molar refractivity (Wildman–Crippen MR) is 111 cm³/mol. The molecule has 1 amide bonds. The van der Waals surface area contributed by atoms with Gasteiger partial charge in [-0.25, -0.2) is 4.79 Å². The molecule has 1 spiro atoms. The summed E-state index contributed by atoms with van der Waals surface area (Å²) in [5, 5.41) is 3.45. The largest absolute Gasteiger partial charge is 0.444 e. The van der Waals surface area contributed by atoms with Gasteiger partial charge in [-0.15, -0.1) is 0 Å². The van der Waals surface area contributed by atoms with Crippen molar-refractivity contribution >= 4 is 12.1 Å². The molecule has 28 heavy (non-hydrogen) atoms. The Morgan fingerprint density at radius 1 is 1.29 bits per heavy atom. The maximum absolute atomic E-state index is 12.6. The van der Waals surface area contributed by atoms with E-state index in [1.54, 1.807) is 0 Å². The smallest absolute Gasteiger partial charge is 0.410 e. The number of hydrogen-bond donors (Lipinski definition) is 1. The molecule has 7 heteroatoms. The molecular formula is C21H38N4O3. The van der Waals surface area contributed by atoms with Crippen LogP contribution >= 0.6 is 0 Å². The van der Waals surface area contributed by atoms with Gasteiger partial charge in [0, 0.05) is 38.2 Å². The van der Waals surface area contributed by atoms with Gasteiger partial charge < -0.3 is 24.6 Å². The number of amides is 1. The second-order valence-electron chi connectivity index (χ2n) is 9.49. The normalized spacial score (nSPS) is 28.9. The number of piperidine rings is 1. The zero-order chi connectivity index (χ0) is 20.2. The molecule has 2 atom stereocenters. The highest BCUT2D eigenvalue weighted by molar-refractivity contribution is 5.80. The van der Waals surface area contributed by atoms with Gasteiger partial charge in [0.2, 0.25) is 0 Å². The summed E-state index contributed by atoms with van der Waals surface area (Å²) in [5.74, 6) is 0.973. The second kappa shape index (κ2) is 8.89. The standard InChI is InChI=1S/C21H38N4O3/c1-5-22-18(24-12-9-21(15-24)10-13-27-16-21)23-14-17-8-6-7-11-25(17)19(26)28-20(2,3)4/h17H,5-16H2,1-4H3,(H,22,23). The number of aliphatic imine (C=N–C) groups is 1. The maximum Gasteiger partial charge on any atom is 0.410 e. The van der Waals surface area contributed by atoms with E-state index in [1.165, 1.54) is 6.42 Å². The zero-order valence-electron chi connectivity index (χ0n) is 18.1. The average Bonchev–Trinajstić information content (AvgIpc) is 3.27. The number of hydrogen-bond acceptors (Lipinski definition) is 4. The molecule has 160 valence electrons. The van der Waals surface area contributed by atoms with Crippen molar-refractivity contribution in [2.75, 3.05) is 45.9 Å². The lowest BCUT2D eigenvalue weighted by molar-refractivity contribution is 0.0109. The molecule has 3 rings (SSSR count). The molecule has 1 N–H and O–H groups in total. The molecule has 2 unspecified atom stereocenters. The van der Waals surface area contributed by atoms with Gasteiger partial charge >= 0.3 is 6.09 Å². The van der Waals surface area contributed by atoms with Gasteiger partial charge in [0.05, 0.1) is 19.2 Å². The number of carbonyl (C=O) groups is 1. The highest BCUT2D eigenvalue weighted by Gasteiger charge is 2.42. The van der Waals surface area contributed by atoms with E-state index < -0.39 is 5.60 Å². The van der Waals surface area contributed by atoms with Gasteiger partial charge in [0.1, 0.15) is 5.60 Å². The third-order valence-electron chi connectivity index (χ3n) is 5.96. The van der Waals surface area contributed by atoms with Crippen molar-refractivity contribution in [2.45, 2.75) is 71.4 Å². The molecule has 0 radical (unpaired) electrons. The molecule has 0 aromatic heterocycles. The lowest BCUT2D eigenvalue weighted by atomic mass is 9.87. The Morgan fingerprint density at radius 3 is 2.79 bits per heavy atom. The molecule has 0 aliphatic carbocycles. The van der Waals surface area contributed by atoms with Crippen molar-refractivity contribution in [1.29, 1.82) is 0 Å². The molecule has 0 aromatic carbocycles. The van der Waals surface area contributed by atoms with E-state index in [0.29, 0.717) is 12.0 Å². The average molecular weight is 395 g/mol. The molecule has 0 aromatic rings. The lowest BCUT2D eigenvalue weighted by Gasteiger charge is -2.36. The van der Waals surface area contributed by atoms with Gasteiger partial charge in [-0.05, 0) is 59.8 Å². The van der Waals surface area contributed by atoms with Crippen LogP contribution in [-0.2, 0) is 9.47 Å². The Hall–Kier alpha value is -1.50. The third-order valence-corrected chi connectivity index (χ3v) is 5.96. The fourth-order valence-corrected chi connectivity index (χ4v) is 4.46. The SMILES string of the molecule is CCNC(=NCC1CCCCN1C(=O)OC(C)(C)C)N1CCC2(CCOC2)C1. The number of carbonyl (C=O) groups excluding carboxylic acids is 1. The summed E-state index contributed by atoms with van der Waals surface area (Å²) in [4.78, 5) is 21.8. The first-order valence-electron chi connectivity index (χ1n) is 10.9. The van der Waals surface area contributed by atoms with Crippen LogP contribution in [0.2, 0.25) is 0 Å². The summed E-state index contributed by atoms with van der Waals surface area (Å²) in [7, 11) is 0. The van der Waals surface area contributed by atoms with Crippen LogP contribution in [0.3, 0.4) is 0 Å². The van der Waals surface area contributed by atoms with Gasteiger partial charge in [-0.2, -0.15) is 0 Å². The van der Waals surface area contributed by atoms with Crippen molar-refractivity contribution in [3.8, 4) is 0 Å². The summed E-state index contributed by atoms with van der Waals surface area (Å²) >= 11 is 0. The second-order valence-corrected chi connectivity index (χ2v) is 9.49. The van der Waals surface area contributed by atoms with Crippen molar-refractivity contribution in [3.63, 3.8) is 0 Å². The molecule has 3 aliphatic heterocycles. The number of guanidine groups is 1. The first kappa shape index (κ1) is 21.2. The quantitative estimate of drug-likeness (QED) is 0.589. The Bertz CT molecular complexity index is 566. The van der Waals surface area contributed by atoms with E-state index >= 15 is 0 Å². The fourth-order valence-electron chi connectivity index (χ4n) is 4.46. The minimum atomic E-state index is -0.468. The number of rotatable bonds is 3. The van der Waals surface area contributed by atoms with Crippen LogP contribution in [-0.4, -0.2) is 79.4 Å². The fraction of sp³-hybridized carbons (Fsp3) is 0.905. The van der Waals surface area contributed by atoms with Crippen molar-refractivity contribution in [1.82, 2.24) is 15.1 Å². The summed E-state index contributed by atoms with van der Waals surface area (Å²) < 4.78 is 11.3. The molecule has 0 bridgehead atoms. The highest BCUT2D eigenvalue weighted by Crippen LogP contribution is 2.38. The van der Waals surface area contributed by atoms with E-state index in [0.717, 1.165) is 71.0 Å². The summed E-state index contributed by atoms with van der Waals surface area (Å²) in [5.41, 5.74) is -0.159. The van der Waals surface area contributed by atoms with Crippen LogP contribution in [0.4, 0.5) is 4.79 Å². The van der Waals surface area contributed by atoms with Crippen LogP contribution in [0, 0.1) is 5.41 Å². The molecule has 3 aliphatic rings. The zero-order valence-corrected chi connectivity index (χ0v) is 18.1. The summed E-state index contributed by atoms with van der Waals surface area (Å²) in [6.07, 6.45) is 5.28. The molecule has 3 saturated heterocycles. The molecular weight excluding hydrogens is 356 g/mol. The van der Waals surface area contributed by atoms with Crippen LogP contribution < -0.4 is 5.32 Å². The minimum absolute atomic E-state index is 0.114. The summed E-state index contributed by atoms with van der Waals surface area (Å²) in [6, 6.07) is 0.114. The van der Waals surface area contributed by atoms with Crippen molar-refractivity contribution < 1.29 is 14.3 Å². The number of likely N-dealkylation sites (tertiary alicyclic amines) is 2. The predicted octanol–water partition coefficient (Wildman–Crippen LogP) is 2.85. The first-order valence-corrected chi connectivity index (χ1v) is 10.9. The van der Waals surface area contributed by atoms with E-state index in [-0.39, 0.29) is 12.1 Å². The molecule has 3 fully saturated rings. The van der Waals surface area contributed by atoms with E-state index in [2.05, 4.69) is 17.1 Å². The van der Waals surface area contributed by atoms with Crippen molar-refractivity contribution in [3.05, 3.63) is 0 Å². The topological polar surface area (TPSA) is 66.4 Å². The first-order chi connectivity index (χ1) is 13.3.